The predicted octanol–water partition coefficient (Wildman–Crippen LogP) is 3.05. The molecule has 0 aliphatic carbocycles. The van der Waals surface area contributed by atoms with E-state index in [-0.39, 0.29) is 18.1 Å². The molecule has 0 bridgehead atoms. The average Bonchev–Trinajstić information content (AvgIpc) is 2.69. The van der Waals surface area contributed by atoms with Crippen LogP contribution in [0.25, 0.3) is 6.08 Å². The number of benzene rings is 1. The highest BCUT2D eigenvalue weighted by atomic mass is 79.9. The van der Waals surface area contributed by atoms with E-state index < -0.39 is 17.1 Å². The third kappa shape index (κ3) is 3.74. The van der Waals surface area contributed by atoms with E-state index in [4.69, 9.17) is 4.74 Å². The molecule has 5 nitrogen and oxygen atoms in total. The van der Waals surface area contributed by atoms with Gasteiger partial charge in [0.25, 0.3) is 11.1 Å². The number of esters is 1. The number of carbonyl (C=O) groups is 3. The monoisotopic (exact) mass is 369 g/mol. The van der Waals surface area contributed by atoms with Gasteiger partial charge in [-0.3, -0.25) is 19.3 Å². The highest BCUT2D eigenvalue weighted by Gasteiger charge is 2.36. The summed E-state index contributed by atoms with van der Waals surface area (Å²) < 4.78 is 5.57. The molecule has 1 saturated heterocycles. The molecule has 21 heavy (non-hydrogen) atoms. The van der Waals surface area contributed by atoms with Gasteiger partial charge in [-0.1, -0.05) is 34.1 Å². The maximum atomic E-state index is 12.2. The number of nitrogens with zero attached hydrogens (tertiary/aromatic N) is 1. The molecule has 0 aromatic heterocycles. The quantitative estimate of drug-likeness (QED) is 0.602. The van der Waals surface area contributed by atoms with Gasteiger partial charge in [0.2, 0.25) is 0 Å². The fourth-order valence-corrected chi connectivity index (χ4v) is 2.93. The lowest BCUT2D eigenvalue weighted by atomic mass is 10.2. The Morgan fingerprint density at radius 3 is 2.76 bits per heavy atom. The van der Waals surface area contributed by atoms with Crippen LogP contribution in [0.15, 0.2) is 33.6 Å². The van der Waals surface area contributed by atoms with E-state index in [1.807, 2.05) is 24.3 Å². The van der Waals surface area contributed by atoms with Gasteiger partial charge < -0.3 is 4.74 Å². The van der Waals surface area contributed by atoms with Crippen molar-refractivity contribution in [1.29, 1.82) is 0 Å². The first-order valence-electron chi connectivity index (χ1n) is 6.18. The molecular formula is C14H12BrNO4S. The van der Waals surface area contributed by atoms with Gasteiger partial charge in [0.1, 0.15) is 6.54 Å². The van der Waals surface area contributed by atoms with Crippen molar-refractivity contribution < 1.29 is 19.1 Å². The van der Waals surface area contributed by atoms with Crippen LogP contribution < -0.4 is 0 Å². The van der Waals surface area contributed by atoms with Gasteiger partial charge in [0.05, 0.1) is 11.5 Å². The Morgan fingerprint density at radius 2 is 2.10 bits per heavy atom. The summed E-state index contributed by atoms with van der Waals surface area (Å²) in [6.07, 6.45) is 1.63. The van der Waals surface area contributed by atoms with Crippen molar-refractivity contribution in [2.45, 2.75) is 6.92 Å². The molecule has 7 heteroatoms. The van der Waals surface area contributed by atoms with Crippen molar-refractivity contribution in [3.63, 3.8) is 0 Å². The van der Waals surface area contributed by atoms with Crippen LogP contribution in [0.4, 0.5) is 4.79 Å². The molecule has 0 N–H and O–H groups in total. The lowest BCUT2D eigenvalue weighted by molar-refractivity contribution is -0.145. The van der Waals surface area contributed by atoms with Gasteiger partial charge in [0, 0.05) is 4.47 Å². The van der Waals surface area contributed by atoms with Crippen molar-refractivity contribution in [3.05, 3.63) is 39.2 Å². The minimum atomic E-state index is -0.595. The van der Waals surface area contributed by atoms with Crippen LogP contribution in [-0.4, -0.2) is 35.2 Å². The van der Waals surface area contributed by atoms with Crippen LogP contribution in [-0.2, 0) is 14.3 Å². The molecule has 1 aromatic rings. The molecule has 1 aliphatic heterocycles. The topological polar surface area (TPSA) is 63.7 Å². The molecule has 1 heterocycles. The second-order valence-electron chi connectivity index (χ2n) is 4.09. The Labute approximate surface area is 134 Å². The fraction of sp³-hybridized carbons (Fsp3) is 0.214. The zero-order chi connectivity index (χ0) is 15.4. The normalized spacial score (nSPS) is 16.7. The van der Waals surface area contributed by atoms with Crippen molar-refractivity contribution in [2.75, 3.05) is 13.2 Å². The van der Waals surface area contributed by atoms with E-state index in [1.165, 1.54) is 0 Å². The molecular weight excluding hydrogens is 358 g/mol. The molecule has 0 atom stereocenters. The standard InChI is InChI=1S/C14H12BrNO4S/c1-2-20-12(17)8-16-13(18)11(21-14(16)19)7-9-5-3-4-6-10(9)15/h3-7H,2,8H2,1H3/b11-7+. The number of thioether (sulfide) groups is 1. The fourth-order valence-electron chi connectivity index (χ4n) is 1.71. The zero-order valence-corrected chi connectivity index (χ0v) is 13.6. The molecule has 1 aromatic carbocycles. The van der Waals surface area contributed by atoms with E-state index in [0.29, 0.717) is 0 Å². The largest absolute Gasteiger partial charge is 0.465 e. The summed E-state index contributed by atoms with van der Waals surface area (Å²) >= 11 is 4.19. The van der Waals surface area contributed by atoms with E-state index in [1.54, 1.807) is 13.0 Å². The molecule has 0 spiro atoms. The molecule has 0 unspecified atom stereocenters. The van der Waals surface area contributed by atoms with E-state index in [0.717, 1.165) is 26.7 Å². The van der Waals surface area contributed by atoms with Gasteiger partial charge in [-0.15, -0.1) is 0 Å². The van der Waals surface area contributed by atoms with Gasteiger partial charge >= 0.3 is 5.97 Å². The third-order valence-corrected chi connectivity index (χ3v) is 4.29. The predicted molar refractivity (Wildman–Crippen MR) is 83.5 cm³/mol. The second-order valence-corrected chi connectivity index (χ2v) is 5.94. The smallest absolute Gasteiger partial charge is 0.326 e. The number of imide groups is 1. The van der Waals surface area contributed by atoms with Gasteiger partial charge in [-0.25, -0.2) is 0 Å². The highest BCUT2D eigenvalue weighted by Crippen LogP contribution is 2.33. The van der Waals surface area contributed by atoms with Crippen LogP contribution in [0.5, 0.6) is 0 Å². The minimum Gasteiger partial charge on any atom is -0.465 e. The Morgan fingerprint density at radius 1 is 1.38 bits per heavy atom. The summed E-state index contributed by atoms with van der Waals surface area (Å²) in [7, 11) is 0. The van der Waals surface area contributed by atoms with Gasteiger partial charge in [-0.2, -0.15) is 0 Å². The highest BCUT2D eigenvalue weighted by molar-refractivity contribution is 9.10. The molecule has 1 aliphatic rings. The molecule has 0 saturated carbocycles. The number of ether oxygens (including phenoxy) is 1. The lowest BCUT2D eigenvalue weighted by Gasteiger charge is -2.10. The Balaban J connectivity index is 2.18. The summed E-state index contributed by atoms with van der Waals surface area (Å²) in [5.74, 6) is -1.07. The van der Waals surface area contributed by atoms with Crippen LogP contribution in [0, 0.1) is 0 Å². The first-order valence-corrected chi connectivity index (χ1v) is 7.79. The average molecular weight is 370 g/mol. The molecule has 0 radical (unpaired) electrons. The Hall–Kier alpha value is -1.60. The van der Waals surface area contributed by atoms with Crippen molar-refractivity contribution in [1.82, 2.24) is 4.90 Å². The van der Waals surface area contributed by atoms with Crippen molar-refractivity contribution >= 4 is 50.9 Å². The number of amides is 2. The SMILES string of the molecule is CCOC(=O)CN1C(=O)S/C(=C/c2ccccc2Br)C1=O. The summed E-state index contributed by atoms with van der Waals surface area (Å²) in [5, 5.41) is -0.466. The number of halogens is 1. The number of hydrogen-bond donors (Lipinski definition) is 0. The Bertz CT molecular complexity index is 629. The maximum absolute atomic E-state index is 12.2. The number of hydrogen-bond acceptors (Lipinski definition) is 5. The van der Waals surface area contributed by atoms with E-state index in [2.05, 4.69) is 15.9 Å². The van der Waals surface area contributed by atoms with Crippen LogP contribution >= 0.6 is 27.7 Å². The Kier molecular flexibility index (Phi) is 5.19. The van der Waals surface area contributed by atoms with Crippen molar-refractivity contribution in [3.8, 4) is 0 Å². The summed E-state index contributed by atoms with van der Waals surface area (Å²) in [6, 6.07) is 7.35. The van der Waals surface area contributed by atoms with Crippen molar-refractivity contribution in [2.24, 2.45) is 0 Å². The molecule has 110 valence electrons. The molecule has 2 amide bonds. The van der Waals surface area contributed by atoms with Gasteiger partial charge in [-0.05, 0) is 36.4 Å². The summed E-state index contributed by atoms with van der Waals surface area (Å²) in [4.78, 5) is 36.6. The second kappa shape index (κ2) is 6.91. The number of carbonyl (C=O) groups excluding carboxylic acids is 3. The van der Waals surface area contributed by atoms with E-state index in [9.17, 15) is 14.4 Å². The van der Waals surface area contributed by atoms with Gasteiger partial charge in [0.15, 0.2) is 0 Å². The van der Waals surface area contributed by atoms with Crippen LogP contribution in [0.3, 0.4) is 0 Å². The maximum Gasteiger partial charge on any atom is 0.326 e. The summed E-state index contributed by atoms with van der Waals surface area (Å²) in [6.45, 7) is 1.52. The van der Waals surface area contributed by atoms with Crippen LogP contribution in [0.2, 0.25) is 0 Å². The number of rotatable bonds is 4. The van der Waals surface area contributed by atoms with Crippen LogP contribution in [0.1, 0.15) is 12.5 Å². The minimum absolute atomic E-state index is 0.210. The lowest BCUT2D eigenvalue weighted by Crippen LogP contribution is -2.34. The molecule has 2 rings (SSSR count). The first kappa shape index (κ1) is 15.8. The first-order chi connectivity index (χ1) is 10.0. The summed E-state index contributed by atoms with van der Waals surface area (Å²) in [5.41, 5.74) is 0.791. The third-order valence-electron chi connectivity index (χ3n) is 2.66. The zero-order valence-electron chi connectivity index (χ0n) is 11.2. The molecule has 1 fully saturated rings. The van der Waals surface area contributed by atoms with E-state index >= 15 is 0 Å².